The number of aliphatic carboxylic acids is 1. The van der Waals surface area contributed by atoms with Crippen molar-refractivity contribution >= 4 is 5.97 Å². The molecule has 0 saturated carbocycles. The Kier molecular flexibility index (Phi) is 5.58. The number of aryl methyl sites for hydroxylation is 1. The molecule has 0 bridgehead atoms. The third-order valence-electron chi connectivity index (χ3n) is 2.62. The van der Waals surface area contributed by atoms with E-state index in [1.807, 2.05) is 26.0 Å². The van der Waals surface area contributed by atoms with Gasteiger partial charge in [0.1, 0.15) is 11.8 Å². The molecule has 0 amide bonds. The maximum Gasteiger partial charge on any atom is 0.320 e. The van der Waals surface area contributed by atoms with Crippen LogP contribution in [-0.2, 0) is 11.3 Å². The molecule has 1 atom stereocenters. The van der Waals surface area contributed by atoms with Crippen molar-refractivity contribution in [1.29, 1.82) is 0 Å². The van der Waals surface area contributed by atoms with Crippen molar-refractivity contribution in [2.45, 2.75) is 39.3 Å². The van der Waals surface area contributed by atoms with Crippen LogP contribution in [0.3, 0.4) is 0 Å². The summed E-state index contributed by atoms with van der Waals surface area (Å²) in [7, 11) is 1.60. The normalized spacial score (nSPS) is 12.2. The number of carboxylic acids is 1. The van der Waals surface area contributed by atoms with Crippen LogP contribution in [0.25, 0.3) is 0 Å². The second-order valence-electron chi connectivity index (χ2n) is 4.20. The molecule has 0 aliphatic rings. The number of hydrogen-bond donors (Lipinski definition) is 2. The van der Waals surface area contributed by atoms with Gasteiger partial charge in [0.15, 0.2) is 0 Å². The van der Waals surface area contributed by atoms with E-state index >= 15 is 0 Å². The molecule has 0 saturated heterocycles. The summed E-state index contributed by atoms with van der Waals surface area (Å²) < 4.78 is 5.15. The summed E-state index contributed by atoms with van der Waals surface area (Å²) >= 11 is 0. The van der Waals surface area contributed by atoms with Crippen LogP contribution in [0.15, 0.2) is 12.1 Å². The largest absolute Gasteiger partial charge is 0.497 e. The van der Waals surface area contributed by atoms with Crippen LogP contribution in [0.1, 0.15) is 31.2 Å². The Morgan fingerprint density at radius 3 is 2.83 bits per heavy atom. The molecule has 0 aliphatic heterocycles. The number of carbonyl (C=O) groups is 1. The molecule has 0 aromatic carbocycles. The van der Waals surface area contributed by atoms with Gasteiger partial charge < -0.3 is 9.84 Å². The molecule has 18 heavy (non-hydrogen) atoms. The first-order valence-corrected chi connectivity index (χ1v) is 6.04. The van der Waals surface area contributed by atoms with Crippen molar-refractivity contribution in [2.24, 2.45) is 0 Å². The van der Waals surface area contributed by atoms with Crippen molar-refractivity contribution in [3.8, 4) is 5.75 Å². The van der Waals surface area contributed by atoms with E-state index in [0.29, 0.717) is 13.0 Å². The Bertz CT molecular complexity index is 407. The molecule has 0 fully saturated rings. The van der Waals surface area contributed by atoms with Gasteiger partial charge in [-0.15, -0.1) is 0 Å². The topological polar surface area (TPSA) is 71.5 Å². The molecule has 1 heterocycles. The average molecular weight is 252 g/mol. The minimum Gasteiger partial charge on any atom is -0.497 e. The van der Waals surface area contributed by atoms with Gasteiger partial charge in [-0.05, 0) is 13.3 Å². The van der Waals surface area contributed by atoms with Crippen LogP contribution >= 0.6 is 0 Å². The Balaban J connectivity index is 2.66. The highest BCUT2D eigenvalue weighted by molar-refractivity contribution is 5.73. The van der Waals surface area contributed by atoms with Crippen molar-refractivity contribution in [3.05, 3.63) is 23.5 Å². The highest BCUT2D eigenvalue weighted by atomic mass is 16.5. The number of aromatic nitrogens is 1. The van der Waals surface area contributed by atoms with E-state index in [9.17, 15) is 4.79 Å². The molecule has 1 rings (SSSR count). The molecule has 1 aromatic rings. The summed E-state index contributed by atoms with van der Waals surface area (Å²) in [5.41, 5.74) is 1.64. The fraction of sp³-hybridized carbons (Fsp3) is 0.538. The predicted octanol–water partition coefficient (Wildman–Crippen LogP) is 1.74. The highest BCUT2D eigenvalue weighted by Crippen LogP contribution is 2.13. The summed E-state index contributed by atoms with van der Waals surface area (Å²) in [4.78, 5) is 15.3. The lowest BCUT2D eigenvalue weighted by atomic mass is 10.1. The number of hydrogen-bond acceptors (Lipinski definition) is 4. The molecule has 100 valence electrons. The summed E-state index contributed by atoms with van der Waals surface area (Å²) in [6.07, 6.45) is 1.44. The van der Waals surface area contributed by atoms with Gasteiger partial charge in [0.05, 0.1) is 12.8 Å². The lowest BCUT2D eigenvalue weighted by Crippen LogP contribution is -2.36. The molecule has 0 spiro atoms. The first kappa shape index (κ1) is 14.4. The van der Waals surface area contributed by atoms with E-state index in [4.69, 9.17) is 9.84 Å². The smallest absolute Gasteiger partial charge is 0.320 e. The quantitative estimate of drug-likeness (QED) is 0.773. The van der Waals surface area contributed by atoms with E-state index < -0.39 is 12.0 Å². The summed E-state index contributed by atoms with van der Waals surface area (Å²) in [6.45, 7) is 4.27. The van der Waals surface area contributed by atoms with Crippen LogP contribution < -0.4 is 10.1 Å². The predicted molar refractivity (Wildman–Crippen MR) is 68.7 cm³/mol. The molecular formula is C13H20N2O3. The van der Waals surface area contributed by atoms with Gasteiger partial charge in [0.2, 0.25) is 0 Å². The van der Waals surface area contributed by atoms with Gasteiger partial charge in [-0.2, -0.15) is 0 Å². The van der Waals surface area contributed by atoms with E-state index in [1.54, 1.807) is 7.11 Å². The Morgan fingerprint density at radius 1 is 1.56 bits per heavy atom. The zero-order valence-electron chi connectivity index (χ0n) is 11.1. The molecule has 1 unspecified atom stereocenters. The second-order valence-corrected chi connectivity index (χ2v) is 4.20. The lowest BCUT2D eigenvalue weighted by molar-refractivity contribution is -0.139. The molecule has 0 aliphatic carbocycles. The Morgan fingerprint density at radius 2 is 2.28 bits per heavy atom. The number of nitrogens with zero attached hydrogens (tertiary/aromatic N) is 1. The number of pyridine rings is 1. The third kappa shape index (κ3) is 4.33. The summed E-state index contributed by atoms with van der Waals surface area (Å²) in [5.74, 6) is -0.0851. The van der Waals surface area contributed by atoms with Gasteiger partial charge >= 0.3 is 5.97 Å². The maximum absolute atomic E-state index is 11.0. The van der Waals surface area contributed by atoms with Crippen LogP contribution in [0, 0.1) is 6.92 Å². The zero-order chi connectivity index (χ0) is 13.5. The van der Waals surface area contributed by atoms with Gasteiger partial charge in [-0.25, -0.2) is 0 Å². The summed E-state index contributed by atoms with van der Waals surface area (Å²) in [5, 5.41) is 12.0. The number of carboxylic acid groups (broad SMARTS) is 1. The fourth-order valence-corrected chi connectivity index (χ4v) is 1.74. The van der Waals surface area contributed by atoms with Crippen LogP contribution in [0.4, 0.5) is 0 Å². The molecule has 5 nitrogen and oxygen atoms in total. The van der Waals surface area contributed by atoms with Crippen molar-refractivity contribution in [2.75, 3.05) is 7.11 Å². The minimum absolute atomic E-state index is 0.426. The average Bonchev–Trinajstić information content (AvgIpc) is 2.33. The van der Waals surface area contributed by atoms with Crippen LogP contribution in [-0.4, -0.2) is 29.2 Å². The summed E-state index contributed by atoms with van der Waals surface area (Å²) in [6, 6.07) is 3.12. The van der Waals surface area contributed by atoms with Gasteiger partial charge in [-0.3, -0.25) is 15.1 Å². The Hall–Kier alpha value is -1.62. The lowest BCUT2D eigenvalue weighted by Gasteiger charge is -2.13. The van der Waals surface area contributed by atoms with E-state index in [2.05, 4.69) is 10.3 Å². The van der Waals surface area contributed by atoms with Crippen LogP contribution in [0.5, 0.6) is 5.75 Å². The van der Waals surface area contributed by atoms with E-state index in [1.165, 1.54) is 0 Å². The molecule has 5 heteroatoms. The number of ether oxygens (including phenoxy) is 1. The first-order valence-electron chi connectivity index (χ1n) is 6.04. The first-order chi connectivity index (χ1) is 8.56. The molecule has 1 aromatic heterocycles. The number of rotatable bonds is 7. The minimum atomic E-state index is -0.823. The van der Waals surface area contributed by atoms with Crippen molar-refractivity contribution < 1.29 is 14.6 Å². The Labute approximate surface area is 107 Å². The second kappa shape index (κ2) is 6.96. The van der Waals surface area contributed by atoms with Crippen LogP contribution in [0.2, 0.25) is 0 Å². The molecular weight excluding hydrogens is 232 g/mol. The monoisotopic (exact) mass is 252 g/mol. The van der Waals surface area contributed by atoms with E-state index in [0.717, 1.165) is 23.6 Å². The number of nitrogens with one attached hydrogen (secondary N) is 1. The van der Waals surface area contributed by atoms with Gasteiger partial charge in [-0.1, -0.05) is 13.3 Å². The third-order valence-corrected chi connectivity index (χ3v) is 2.62. The zero-order valence-corrected chi connectivity index (χ0v) is 11.1. The number of methoxy groups -OCH3 is 1. The molecule has 0 radical (unpaired) electrons. The van der Waals surface area contributed by atoms with Crippen molar-refractivity contribution in [3.63, 3.8) is 0 Å². The van der Waals surface area contributed by atoms with Gasteiger partial charge in [0.25, 0.3) is 0 Å². The highest BCUT2D eigenvalue weighted by Gasteiger charge is 2.15. The SMILES string of the molecule is CCCC(NCc1cc(OC)cc(C)n1)C(=O)O. The maximum atomic E-state index is 11.0. The van der Waals surface area contributed by atoms with Gasteiger partial charge in [0, 0.05) is 24.4 Å². The fourth-order valence-electron chi connectivity index (χ4n) is 1.74. The standard InChI is InChI=1S/C13H20N2O3/c1-4-5-12(13(16)17)14-8-10-7-11(18-3)6-9(2)15-10/h6-7,12,14H,4-5,8H2,1-3H3,(H,16,17). The molecule has 2 N–H and O–H groups in total. The van der Waals surface area contributed by atoms with Crippen molar-refractivity contribution in [1.82, 2.24) is 10.3 Å². The van der Waals surface area contributed by atoms with E-state index in [-0.39, 0.29) is 0 Å².